The molecule has 1 fully saturated rings. The lowest BCUT2D eigenvalue weighted by molar-refractivity contribution is 0.0775. The molecule has 138 valence electrons. The van der Waals surface area contributed by atoms with Gasteiger partial charge >= 0.3 is 0 Å². The molecule has 0 bridgehead atoms. The van der Waals surface area contributed by atoms with Gasteiger partial charge in [0.05, 0.1) is 20.5 Å². The lowest BCUT2D eigenvalue weighted by atomic mass is 10.2. The minimum absolute atomic E-state index is 0.0217. The van der Waals surface area contributed by atoms with E-state index < -0.39 is 22.5 Å². The number of thiophene rings is 1. The molecule has 1 N–H and O–H groups in total. The first-order chi connectivity index (χ1) is 12.3. The second kappa shape index (κ2) is 7.85. The van der Waals surface area contributed by atoms with Crippen molar-refractivity contribution >= 4 is 50.6 Å². The van der Waals surface area contributed by atoms with E-state index in [1.54, 1.807) is 17.9 Å². The minimum Gasteiger partial charge on any atom is -0.336 e. The average molecular weight is 415 g/mol. The molecule has 1 aromatic carbocycles. The first-order valence-electron chi connectivity index (χ1n) is 7.86. The highest BCUT2D eigenvalue weighted by Gasteiger charge is 2.24. The molecular weight excluding hydrogens is 399 g/mol. The van der Waals surface area contributed by atoms with Crippen LogP contribution >= 0.6 is 22.9 Å². The summed E-state index contributed by atoms with van der Waals surface area (Å²) in [6.07, 6.45) is 0. The molecule has 1 aromatic heterocycles. The quantitative estimate of drug-likeness (QED) is 0.837. The fourth-order valence-corrected chi connectivity index (χ4v) is 4.93. The zero-order chi connectivity index (χ0) is 18.8. The number of halogens is 2. The molecule has 9 heteroatoms. The number of aryl methyl sites for hydroxylation is 1. The summed E-state index contributed by atoms with van der Waals surface area (Å²) in [5.41, 5.74) is 0.915. The molecule has 0 spiro atoms. The van der Waals surface area contributed by atoms with E-state index in [-0.39, 0.29) is 16.5 Å². The molecule has 2 amide bonds. The maximum absolute atomic E-state index is 13.1. The molecule has 0 aliphatic carbocycles. The van der Waals surface area contributed by atoms with Crippen molar-refractivity contribution in [2.24, 2.45) is 0 Å². The van der Waals surface area contributed by atoms with E-state index in [0.717, 1.165) is 17.7 Å². The van der Waals surface area contributed by atoms with Crippen LogP contribution in [0.4, 0.5) is 9.39 Å². The van der Waals surface area contributed by atoms with Gasteiger partial charge in [-0.25, -0.2) is 4.39 Å². The van der Waals surface area contributed by atoms with Crippen molar-refractivity contribution in [3.8, 4) is 0 Å². The van der Waals surface area contributed by atoms with Crippen LogP contribution in [0, 0.1) is 12.7 Å². The second-order valence-corrected chi connectivity index (χ2v) is 9.00. The number of carbonyl (C=O) groups is 2. The van der Waals surface area contributed by atoms with E-state index in [4.69, 9.17) is 11.6 Å². The Hall–Kier alpha value is -1.77. The Bertz CT molecular complexity index is 890. The fraction of sp³-hybridized carbons (Fsp3) is 0.294. The summed E-state index contributed by atoms with van der Waals surface area (Å²) in [4.78, 5) is 27.2. The van der Waals surface area contributed by atoms with Gasteiger partial charge in [-0.1, -0.05) is 11.6 Å². The Balaban J connectivity index is 1.74. The van der Waals surface area contributed by atoms with Crippen LogP contribution in [-0.2, 0) is 10.8 Å². The van der Waals surface area contributed by atoms with Crippen LogP contribution in [-0.4, -0.2) is 45.5 Å². The van der Waals surface area contributed by atoms with Gasteiger partial charge in [-0.15, -0.1) is 11.3 Å². The van der Waals surface area contributed by atoms with Crippen molar-refractivity contribution < 1.29 is 18.2 Å². The van der Waals surface area contributed by atoms with E-state index in [0.29, 0.717) is 34.5 Å². The molecule has 2 heterocycles. The van der Waals surface area contributed by atoms with Crippen LogP contribution in [0.1, 0.15) is 25.6 Å². The summed E-state index contributed by atoms with van der Waals surface area (Å²) in [5, 5.41) is 3.23. The summed E-state index contributed by atoms with van der Waals surface area (Å²) in [7, 11) is -0.854. The summed E-state index contributed by atoms with van der Waals surface area (Å²) in [5.74, 6) is -0.131. The number of nitrogens with zero attached hydrogens (tertiary/aromatic N) is 1. The van der Waals surface area contributed by atoms with Crippen LogP contribution in [0.3, 0.4) is 0 Å². The molecule has 1 aliphatic heterocycles. The minimum atomic E-state index is -0.854. The zero-order valence-corrected chi connectivity index (χ0v) is 16.3. The first kappa shape index (κ1) is 19.0. The normalized spacial score (nSPS) is 15.1. The number of hydrogen-bond acceptors (Lipinski definition) is 4. The van der Waals surface area contributed by atoms with Gasteiger partial charge in [0.25, 0.3) is 11.8 Å². The lowest BCUT2D eigenvalue weighted by Crippen LogP contribution is -2.41. The topological polar surface area (TPSA) is 66.5 Å². The average Bonchev–Trinajstić information content (AvgIpc) is 2.95. The maximum Gasteiger partial charge on any atom is 0.264 e. The molecule has 0 unspecified atom stereocenters. The van der Waals surface area contributed by atoms with Crippen molar-refractivity contribution in [2.45, 2.75) is 6.92 Å². The molecule has 1 aliphatic rings. The van der Waals surface area contributed by atoms with Crippen LogP contribution < -0.4 is 5.32 Å². The Kier molecular flexibility index (Phi) is 5.74. The summed E-state index contributed by atoms with van der Waals surface area (Å²) in [6.45, 7) is 2.73. The van der Waals surface area contributed by atoms with E-state index in [1.807, 2.05) is 0 Å². The Morgan fingerprint density at radius 1 is 1.27 bits per heavy atom. The number of rotatable bonds is 3. The number of carbonyl (C=O) groups excluding carboxylic acids is 2. The number of nitrogens with one attached hydrogen (secondary N) is 1. The zero-order valence-electron chi connectivity index (χ0n) is 13.9. The molecule has 0 atom stereocenters. The molecule has 5 nitrogen and oxygen atoms in total. The fourth-order valence-electron chi connectivity index (χ4n) is 2.59. The predicted molar refractivity (Wildman–Crippen MR) is 102 cm³/mol. The van der Waals surface area contributed by atoms with Crippen LogP contribution in [0.25, 0.3) is 0 Å². The molecule has 0 radical (unpaired) electrons. The summed E-state index contributed by atoms with van der Waals surface area (Å²) in [6, 6.07) is 5.27. The van der Waals surface area contributed by atoms with Gasteiger partial charge in [-0.3, -0.25) is 13.8 Å². The second-order valence-electron chi connectivity index (χ2n) is 5.84. The third-order valence-electron chi connectivity index (χ3n) is 3.99. The van der Waals surface area contributed by atoms with Gasteiger partial charge in [-0.2, -0.15) is 0 Å². The van der Waals surface area contributed by atoms with E-state index in [1.165, 1.54) is 17.4 Å². The number of amides is 2. The monoisotopic (exact) mass is 414 g/mol. The van der Waals surface area contributed by atoms with Gasteiger partial charge in [0, 0.05) is 35.4 Å². The molecule has 3 rings (SSSR count). The highest BCUT2D eigenvalue weighted by molar-refractivity contribution is 7.85. The third kappa shape index (κ3) is 4.13. The van der Waals surface area contributed by atoms with Crippen LogP contribution in [0.5, 0.6) is 0 Å². The third-order valence-corrected chi connectivity index (χ3v) is 6.72. The van der Waals surface area contributed by atoms with Crippen LogP contribution in [0.15, 0.2) is 24.3 Å². The van der Waals surface area contributed by atoms with Crippen LogP contribution in [0.2, 0.25) is 5.02 Å². The van der Waals surface area contributed by atoms with Crippen molar-refractivity contribution in [2.75, 3.05) is 29.9 Å². The van der Waals surface area contributed by atoms with Gasteiger partial charge < -0.3 is 10.2 Å². The van der Waals surface area contributed by atoms with Gasteiger partial charge in [0.1, 0.15) is 5.82 Å². The number of benzene rings is 1. The largest absolute Gasteiger partial charge is 0.336 e. The van der Waals surface area contributed by atoms with Gasteiger partial charge in [-0.05, 0) is 36.8 Å². The highest BCUT2D eigenvalue weighted by Crippen LogP contribution is 2.29. The Labute approximate surface area is 161 Å². The van der Waals surface area contributed by atoms with E-state index >= 15 is 0 Å². The summed E-state index contributed by atoms with van der Waals surface area (Å²) >= 11 is 7.09. The molecular formula is C17H16ClFN2O3S2. The predicted octanol–water partition coefficient (Wildman–Crippen LogP) is 3.31. The molecule has 2 aromatic rings. The van der Waals surface area contributed by atoms with Crippen molar-refractivity contribution in [1.29, 1.82) is 0 Å². The van der Waals surface area contributed by atoms with Crippen molar-refractivity contribution in [3.63, 3.8) is 0 Å². The SMILES string of the molecule is Cc1cc(NC(=O)c2ccc(F)cc2Cl)sc1C(=O)N1CCS(=O)CC1. The van der Waals surface area contributed by atoms with Gasteiger partial charge in [0.2, 0.25) is 0 Å². The smallest absolute Gasteiger partial charge is 0.264 e. The number of anilines is 1. The van der Waals surface area contributed by atoms with Crippen molar-refractivity contribution in [3.05, 3.63) is 51.1 Å². The molecule has 0 saturated carbocycles. The molecule has 26 heavy (non-hydrogen) atoms. The van der Waals surface area contributed by atoms with Crippen molar-refractivity contribution in [1.82, 2.24) is 4.90 Å². The van der Waals surface area contributed by atoms with E-state index in [2.05, 4.69) is 5.32 Å². The highest BCUT2D eigenvalue weighted by atomic mass is 35.5. The Morgan fingerprint density at radius 2 is 1.96 bits per heavy atom. The maximum atomic E-state index is 13.1. The number of hydrogen-bond donors (Lipinski definition) is 1. The Morgan fingerprint density at radius 3 is 2.62 bits per heavy atom. The molecule has 1 saturated heterocycles. The van der Waals surface area contributed by atoms with E-state index in [9.17, 15) is 18.2 Å². The van der Waals surface area contributed by atoms with Gasteiger partial charge in [0.15, 0.2) is 0 Å². The summed E-state index contributed by atoms with van der Waals surface area (Å²) < 4.78 is 24.5. The lowest BCUT2D eigenvalue weighted by Gasteiger charge is -2.26. The first-order valence-corrected chi connectivity index (χ1v) is 10.5. The standard InChI is InChI=1S/C17H16ClFN2O3S2/c1-10-8-14(20-16(22)12-3-2-11(19)9-13(12)18)25-15(10)17(23)21-4-6-26(24)7-5-21/h2-3,8-9H,4-7H2,1H3,(H,20,22).